The molecule has 4 heteroatoms. The highest BCUT2D eigenvalue weighted by Crippen LogP contribution is 2.29. The standard InChI is InChI=1S/C16H12O3S/c17-16-18-14(11-20-13-9-5-2-6-10-13)15(19-16)12-7-3-1-4-8-12/h1-10H,11H2. The molecule has 0 amide bonds. The van der Waals surface area contributed by atoms with Crippen LogP contribution in [0.5, 0.6) is 0 Å². The van der Waals surface area contributed by atoms with Crippen LogP contribution in [0.1, 0.15) is 5.76 Å². The maximum absolute atomic E-state index is 11.4. The molecule has 1 heterocycles. The minimum absolute atomic E-state index is 0.513. The van der Waals surface area contributed by atoms with Crippen LogP contribution in [0.15, 0.2) is 79.2 Å². The van der Waals surface area contributed by atoms with Gasteiger partial charge in [0.05, 0.1) is 5.75 Å². The summed E-state index contributed by atoms with van der Waals surface area (Å²) in [5.74, 6) is 0.974. The zero-order valence-corrected chi connectivity index (χ0v) is 11.4. The molecule has 0 spiro atoms. The quantitative estimate of drug-likeness (QED) is 0.674. The summed E-state index contributed by atoms with van der Waals surface area (Å²) in [6.45, 7) is 0. The molecule has 0 bridgehead atoms. The Bertz CT molecular complexity index is 729. The SMILES string of the molecule is O=c1oc(CSc2ccccc2)c(-c2ccccc2)o1. The van der Waals surface area contributed by atoms with Gasteiger partial charge in [0.1, 0.15) is 0 Å². The molecule has 0 saturated carbocycles. The molecule has 0 aliphatic rings. The summed E-state index contributed by atoms with van der Waals surface area (Å²) in [5, 5.41) is 0. The van der Waals surface area contributed by atoms with E-state index in [0.717, 1.165) is 10.5 Å². The van der Waals surface area contributed by atoms with Gasteiger partial charge in [-0.25, -0.2) is 4.79 Å². The Morgan fingerprint density at radius 2 is 1.50 bits per heavy atom. The molecule has 1 aromatic heterocycles. The topological polar surface area (TPSA) is 43.4 Å². The molecule has 0 aliphatic carbocycles. The molecule has 0 aliphatic heterocycles. The van der Waals surface area contributed by atoms with Gasteiger partial charge in [-0.1, -0.05) is 48.5 Å². The number of thioether (sulfide) groups is 1. The molecule has 100 valence electrons. The molecular formula is C16H12O3S. The van der Waals surface area contributed by atoms with Crippen molar-refractivity contribution in [2.24, 2.45) is 0 Å². The van der Waals surface area contributed by atoms with Crippen molar-refractivity contribution >= 4 is 11.8 Å². The van der Waals surface area contributed by atoms with E-state index in [9.17, 15) is 4.79 Å². The third-order valence-electron chi connectivity index (χ3n) is 2.79. The molecule has 3 rings (SSSR count). The first-order valence-electron chi connectivity index (χ1n) is 6.19. The molecule has 0 fully saturated rings. The summed E-state index contributed by atoms with van der Waals surface area (Å²) in [6, 6.07) is 19.5. The second-order valence-corrected chi connectivity index (χ2v) is 5.22. The summed E-state index contributed by atoms with van der Waals surface area (Å²) in [7, 11) is 0. The van der Waals surface area contributed by atoms with Gasteiger partial charge in [0.15, 0.2) is 11.5 Å². The Balaban J connectivity index is 1.85. The van der Waals surface area contributed by atoms with Gasteiger partial charge in [-0.05, 0) is 12.1 Å². The Hall–Kier alpha value is -2.20. The lowest BCUT2D eigenvalue weighted by Gasteiger charge is -2.00. The van der Waals surface area contributed by atoms with Crippen LogP contribution in [0, 0.1) is 0 Å². The summed E-state index contributed by atoms with van der Waals surface area (Å²) in [6.07, 6.45) is 0. The highest BCUT2D eigenvalue weighted by Gasteiger charge is 2.14. The van der Waals surface area contributed by atoms with E-state index < -0.39 is 5.82 Å². The fourth-order valence-electron chi connectivity index (χ4n) is 1.88. The molecule has 0 radical (unpaired) electrons. The lowest BCUT2D eigenvalue weighted by molar-refractivity contribution is 0.380. The van der Waals surface area contributed by atoms with E-state index >= 15 is 0 Å². The fraction of sp³-hybridized carbons (Fsp3) is 0.0625. The van der Waals surface area contributed by atoms with E-state index in [1.807, 2.05) is 60.7 Å². The minimum atomic E-state index is -0.660. The highest BCUT2D eigenvalue weighted by atomic mass is 32.2. The van der Waals surface area contributed by atoms with Crippen LogP contribution < -0.4 is 5.82 Å². The van der Waals surface area contributed by atoms with Crippen molar-refractivity contribution in [2.75, 3.05) is 0 Å². The van der Waals surface area contributed by atoms with Gasteiger partial charge in [-0.15, -0.1) is 11.8 Å². The first kappa shape index (κ1) is 12.8. The highest BCUT2D eigenvalue weighted by molar-refractivity contribution is 7.98. The van der Waals surface area contributed by atoms with E-state index in [1.165, 1.54) is 0 Å². The molecule has 0 atom stereocenters. The zero-order valence-electron chi connectivity index (χ0n) is 10.6. The van der Waals surface area contributed by atoms with Crippen molar-refractivity contribution < 1.29 is 8.83 Å². The summed E-state index contributed by atoms with van der Waals surface area (Å²) < 4.78 is 10.3. The van der Waals surface area contributed by atoms with E-state index in [1.54, 1.807) is 11.8 Å². The van der Waals surface area contributed by atoms with E-state index in [0.29, 0.717) is 17.3 Å². The molecule has 2 aromatic carbocycles. The normalized spacial score (nSPS) is 10.6. The molecule has 0 saturated heterocycles. The second-order valence-electron chi connectivity index (χ2n) is 4.17. The van der Waals surface area contributed by atoms with Gasteiger partial charge < -0.3 is 8.83 Å². The summed E-state index contributed by atoms with van der Waals surface area (Å²) in [5.41, 5.74) is 0.849. The van der Waals surface area contributed by atoms with Crippen LogP contribution in [0.25, 0.3) is 11.3 Å². The first-order chi connectivity index (χ1) is 9.83. The number of benzene rings is 2. The fourth-order valence-corrected chi connectivity index (χ4v) is 2.72. The van der Waals surface area contributed by atoms with Crippen molar-refractivity contribution in [2.45, 2.75) is 10.6 Å². The molecular weight excluding hydrogens is 272 g/mol. The molecule has 3 aromatic rings. The monoisotopic (exact) mass is 284 g/mol. The van der Waals surface area contributed by atoms with Gasteiger partial charge in [0, 0.05) is 10.5 Å². The van der Waals surface area contributed by atoms with Crippen molar-refractivity contribution in [3.8, 4) is 11.3 Å². The molecule has 20 heavy (non-hydrogen) atoms. The Morgan fingerprint density at radius 1 is 0.850 bits per heavy atom. The second kappa shape index (κ2) is 5.84. The first-order valence-corrected chi connectivity index (χ1v) is 7.17. The van der Waals surface area contributed by atoms with Gasteiger partial charge in [-0.3, -0.25) is 0 Å². The maximum Gasteiger partial charge on any atom is 0.519 e. The van der Waals surface area contributed by atoms with Crippen molar-refractivity contribution in [1.29, 1.82) is 0 Å². The largest absolute Gasteiger partial charge is 0.519 e. The number of rotatable bonds is 4. The van der Waals surface area contributed by atoms with Crippen LogP contribution in [0.2, 0.25) is 0 Å². The van der Waals surface area contributed by atoms with Crippen LogP contribution in [0.3, 0.4) is 0 Å². The molecule has 0 unspecified atom stereocenters. The predicted molar refractivity (Wildman–Crippen MR) is 78.7 cm³/mol. The molecule has 0 N–H and O–H groups in total. The zero-order chi connectivity index (χ0) is 13.8. The van der Waals surface area contributed by atoms with Gasteiger partial charge in [0.25, 0.3) is 0 Å². The van der Waals surface area contributed by atoms with Crippen molar-refractivity contribution in [3.05, 3.63) is 77.0 Å². The average Bonchev–Trinajstić information content (AvgIpc) is 2.88. The summed E-state index contributed by atoms with van der Waals surface area (Å²) >= 11 is 1.60. The summed E-state index contributed by atoms with van der Waals surface area (Å²) in [4.78, 5) is 12.5. The van der Waals surface area contributed by atoms with Gasteiger partial charge >= 0.3 is 5.82 Å². The van der Waals surface area contributed by atoms with Crippen LogP contribution >= 0.6 is 11.8 Å². The third kappa shape index (κ3) is 2.86. The Kier molecular flexibility index (Phi) is 3.74. The van der Waals surface area contributed by atoms with Crippen molar-refractivity contribution in [3.63, 3.8) is 0 Å². The maximum atomic E-state index is 11.4. The van der Waals surface area contributed by atoms with E-state index in [4.69, 9.17) is 8.83 Å². The lowest BCUT2D eigenvalue weighted by atomic mass is 10.1. The number of hydrogen-bond acceptors (Lipinski definition) is 4. The van der Waals surface area contributed by atoms with Gasteiger partial charge in [-0.2, -0.15) is 0 Å². The Labute approximate surface area is 120 Å². The van der Waals surface area contributed by atoms with Crippen molar-refractivity contribution in [1.82, 2.24) is 0 Å². The number of hydrogen-bond donors (Lipinski definition) is 0. The Morgan fingerprint density at radius 3 is 2.20 bits per heavy atom. The predicted octanol–water partition coefficient (Wildman–Crippen LogP) is 4.19. The molecule has 3 nitrogen and oxygen atoms in total. The van der Waals surface area contributed by atoms with E-state index in [-0.39, 0.29) is 0 Å². The van der Waals surface area contributed by atoms with Gasteiger partial charge in [0.2, 0.25) is 0 Å². The average molecular weight is 284 g/mol. The minimum Gasteiger partial charge on any atom is -0.394 e. The smallest absolute Gasteiger partial charge is 0.394 e. The van der Waals surface area contributed by atoms with Crippen LogP contribution in [0.4, 0.5) is 0 Å². The van der Waals surface area contributed by atoms with Crippen LogP contribution in [-0.4, -0.2) is 0 Å². The van der Waals surface area contributed by atoms with E-state index in [2.05, 4.69) is 0 Å². The third-order valence-corrected chi connectivity index (χ3v) is 3.81. The van der Waals surface area contributed by atoms with Crippen LogP contribution in [-0.2, 0) is 5.75 Å². The lowest BCUT2D eigenvalue weighted by Crippen LogP contribution is -1.86.